The van der Waals surface area contributed by atoms with Gasteiger partial charge in [0.2, 0.25) is 0 Å². The van der Waals surface area contributed by atoms with E-state index in [2.05, 4.69) is 0 Å². The maximum Gasteiger partial charge on any atom is 0.313 e. The third-order valence-electron chi connectivity index (χ3n) is 2.55. The Bertz CT molecular complexity index is 344. The van der Waals surface area contributed by atoms with E-state index < -0.39 is 0 Å². The molecular weight excluding hydrogens is 188 g/mol. The predicted molar refractivity (Wildman–Crippen MR) is 60.7 cm³/mol. The van der Waals surface area contributed by atoms with Gasteiger partial charge in [0.25, 0.3) is 0 Å². The molecule has 82 valence electrons. The molecule has 1 heterocycles. The Morgan fingerprint density at radius 1 is 1.07 bits per heavy atom. The van der Waals surface area contributed by atoms with Crippen LogP contribution in [0.2, 0.25) is 0 Å². The SMILES string of the molecule is CC.CC1OC(=O)C(C)c2ccccc21. The first-order chi connectivity index (χ1) is 7.20. The molecule has 15 heavy (non-hydrogen) atoms. The normalized spacial score (nSPS) is 23.3. The van der Waals surface area contributed by atoms with Gasteiger partial charge in [0, 0.05) is 0 Å². The molecular formula is C13H18O2. The summed E-state index contributed by atoms with van der Waals surface area (Å²) in [6, 6.07) is 7.95. The van der Waals surface area contributed by atoms with E-state index in [9.17, 15) is 4.79 Å². The average molecular weight is 206 g/mol. The third-order valence-corrected chi connectivity index (χ3v) is 2.55. The number of rotatable bonds is 0. The van der Waals surface area contributed by atoms with Crippen molar-refractivity contribution in [3.05, 3.63) is 35.4 Å². The Kier molecular flexibility index (Phi) is 3.89. The van der Waals surface area contributed by atoms with Gasteiger partial charge in [0.05, 0.1) is 5.92 Å². The van der Waals surface area contributed by atoms with Crippen LogP contribution in [0.3, 0.4) is 0 Å². The summed E-state index contributed by atoms with van der Waals surface area (Å²) < 4.78 is 5.19. The largest absolute Gasteiger partial charge is 0.457 e. The summed E-state index contributed by atoms with van der Waals surface area (Å²) in [6.45, 7) is 7.79. The molecule has 0 N–H and O–H groups in total. The van der Waals surface area contributed by atoms with E-state index in [4.69, 9.17) is 4.74 Å². The van der Waals surface area contributed by atoms with Crippen molar-refractivity contribution in [1.82, 2.24) is 0 Å². The van der Waals surface area contributed by atoms with Crippen LogP contribution in [-0.2, 0) is 9.53 Å². The number of hydrogen-bond acceptors (Lipinski definition) is 2. The minimum absolute atomic E-state index is 0.0973. The molecule has 0 saturated heterocycles. The van der Waals surface area contributed by atoms with Crippen molar-refractivity contribution in [3.63, 3.8) is 0 Å². The van der Waals surface area contributed by atoms with E-state index in [1.165, 1.54) is 0 Å². The lowest BCUT2D eigenvalue weighted by Gasteiger charge is -2.26. The van der Waals surface area contributed by atoms with E-state index in [0.29, 0.717) is 0 Å². The number of carbonyl (C=O) groups excluding carboxylic acids is 1. The number of benzene rings is 1. The van der Waals surface area contributed by atoms with Crippen LogP contribution < -0.4 is 0 Å². The van der Waals surface area contributed by atoms with Gasteiger partial charge >= 0.3 is 5.97 Å². The molecule has 1 aromatic carbocycles. The first-order valence-corrected chi connectivity index (χ1v) is 5.49. The fraction of sp³-hybridized carbons (Fsp3) is 0.462. The Labute approximate surface area is 91.3 Å². The van der Waals surface area contributed by atoms with Crippen molar-refractivity contribution >= 4 is 5.97 Å². The number of ether oxygens (including phenoxy) is 1. The summed E-state index contributed by atoms with van der Waals surface area (Å²) >= 11 is 0. The van der Waals surface area contributed by atoms with Gasteiger partial charge in [-0.15, -0.1) is 0 Å². The number of cyclic esters (lactones) is 1. The summed E-state index contributed by atoms with van der Waals surface area (Å²) in [5, 5.41) is 0. The van der Waals surface area contributed by atoms with Crippen LogP contribution in [0.25, 0.3) is 0 Å². The van der Waals surface area contributed by atoms with Crippen LogP contribution in [0, 0.1) is 0 Å². The maximum atomic E-state index is 11.3. The second kappa shape index (κ2) is 4.96. The third kappa shape index (κ3) is 2.20. The second-order valence-electron chi connectivity index (χ2n) is 3.43. The number of hydrogen-bond donors (Lipinski definition) is 0. The molecule has 0 aliphatic carbocycles. The van der Waals surface area contributed by atoms with Gasteiger partial charge in [-0.3, -0.25) is 4.79 Å². The molecule has 2 unspecified atom stereocenters. The maximum absolute atomic E-state index is 11.3. The fourth-order valence-corrected chi connectivity index (χ4v) is 1.74. The van der Waals surface area contributed by atoms with Gasteiger partial charge in [-0.1, -0.05) is 38.1 Å². The van der Waals surface area contributed by atoms with Gasteiger partial charge < -0.3 is 4.74 Å². The summed E-state index contributed by atoms with van der Waals surface area (Å²) in [6.07, 6.45) is -0.0973. The minimum atomic E-state index is -0.119. The minimum Gasteiger partial charge on any atom is -0.457 e. The Balaban J connectivity index is 0.000000531. The van der Waals surface area contributed by atoms with Gasteiger partial charge in [-0.05, 0) is 25.0 Å². The molecule has 2 heteroatoms. The van der Waals surface area contributed by atoms with Crippen LogP contribution in [0.5, 0.6) is 0 Å². The first kappa shape index (κ1) is 11.8. The zero-order valence-electron chi connectivity index (χ0n) is 9.78. The van der Waals surface area contributed by atoms with Crippen molar-refractivity contribution < 1.29 is 9.53 Å². The molecule has 2 nitrogen and oxygen atoms in total. The summed E-state index contributed by atoms with van der Waals surface area (Å²) in [7, 11) is 0. The van der Waals surface area contributed by atoms with Crippen molar-refractivity contribution in [2.24, 2.45) is 0 Å². The van der Waals surface area contributed by atoms with Gasteiger partial charge in [-0.2, -0.15) is 0 Å². The van der Waals surface area contributed by atoms with E-state index >= 15 is 0 Å². The first-order valence-electron chi connectivity index (χ1n) is 5.49. The van der Waals surface area contributed by atoms with E-state index in [1.807, 2.05) is 52.0 Å². The molecule has 0 saturated carbocycles. The Hall–Kier alpha value is -1.31. The molecule has 1 aromatic rings. The molecule has 0 amide bonds. The molecule has 2 rings (SSSR count). The van der Waals surface area contributed by atoms with Crippen LogP contribution in [-0.4, -0.2) is 5.97 Å². The van der Waals surface area contributed by atoms with Crippen LogP contribution in [0.1, 0.15) is 50.8 Å². The Morgan fingerprint density at radius 2 is 1.60 bits per heavy atom. The lowest BCUT2D eigenvalue weighted by molar-refractivity contribution is -0.151. The molecule has 1 aliphatic heterocycles. The Morgan fingerprint density at radius 3 is 2.20 bits per heavy atom. The number of fused-ring (bicyclic) bond motifs is 1. The highest BCUT2D eigenvalue weighted by atomic mass is 16.5. The fourth-order valence-electron chi connectivity index (χ4n) is 1.74. The molecule has 0 bridgehead atoms. The van der Waals surface area contributed by atoms with Crippen LogP contribution in [0.15, 0.2) is 24.3 Å². The monoisotopic (exact) mass is 206 g/mol. The molecule has 0 radical (unpaired) electrons. The van der Waals surface area contributed by atoms with Gasteiger partial charge in [0.15, 0.2) is 0 Å². The molecule has 2 atom stereocenters. The average Bonchev–Trinajstić information content (AvgIpc) is 2.29. The topological polar surface area (TPSA) is 26.3 Å². The van der Waals surface area contributed by atoms with E-state index in [1.54, 1.807) is 0 Å². The van der Waals surface area contributed by atoms with Crippen molar-refractivity contribution in [2.45, 2.75) is 39.7 Å². The summed E-state index contributed by atoms with van der Waals surface area (Å²) in [4.78, 5) is 11.3. The second-order valence-corrected chi connectivity index (χ2v) is 3.43. The van der Waals surface area contributed by atoms with E-state index in [-0.39, 0.29) is 18.0 Å². The highest BCUT2D eigenvalue weighted by molar-refractivity contribution is 5.80. The smallest absolute Gasteiger partial charge is 0.313 e. The van der Waals surface area contributed by atoms with Crippen molar-refractivity contribution in [2.75, 3.05) is 0 Å². The zero-order chi connectivity index (χ0) is 11.4. The standard InChI is InChI=1S/C11H12O2.C2H6/c1-7-9-5-3-4-6-10(9)8(2)13-11(7)12;1-2/h3-8H,1-2H3;1-2H3. The lowest BCUT2D eigenvalue weighted by Crippen LogP contribution is -2.23. The number of esters is 1. The van der Waals surface area contributed by atoms with Crippen molar-refractivity contribution in [3.8, 4) is 0 Å². The molecule has 0 fully saturated rings. The summed E-state index contributed by atoms with van der Waals surface area (Å²) in [5.41, 5.74) is 2.24. The predicted octanol–water partition coefficient (Wildman–Crippen LogP) is 3.43. The molecule has 0 aromatic heterocycles. The van der Waals surface area contributed by atoms with Gasteiger partial charge in [-0.25, -0.2) is 0 Å². The highest BCUT2D eigenvalue weighted by Gasteiger charge is 2.29. The van der Waals surface area contributed by atoms with Crippen LogP contribution in [0.4, 0.5) is 0 Å². The van der Waals surface area contributed by atoms with Crippen LogP contribution >= 0.6 is 0 Å². The highest BCUT2D eigenvalue weighted by Crippen LogP contribution is 2.33. The zero-order valence-corrected chi connectivity index (χ0v) is 9.78. The molecule has 1 aliphatic rings. The van der Waals surface area contributed by atoms with Crippen molar-refractivity contribution in [1.29, 1.82) is 0 Å². The quantitative estimate of drug-likeness (QED) is 0.608. The summed E-state index contributed by atoms with van der Waals surface area (Å²) in [5.74, 6) is -0.237. The van der Waals surface area contributed by atoms with Gasteiger partial charge in [0.1, 0.15) is 6.10 Å². The number of carbonyl (C=O) groups is 1. The molecule has 0 spiro atoms. The lowest BCUT2D eigenvalue weighted by atomic mass is 9.91. The van der Waals surface area contributed by atoms with E-state index in [0.717, 1.165) is 11.1 Å².